The van der Waals surface area contributed by atoms with Gasteiger partial charge in [0, 0.05) is 27.1 Å². The Labute approximate surface area is 144 Å². The van der Waals surface area contributed by atoms with E-state index in [-0.39, 0.29) is 11.8 Å². The standard InChI is InChI=1S/C14H21N7O2S/c1-20(2)13(22)12-16-10(19-23-12)8-24-14-18-17-11(21(14)3)9-4-6-15-7-5-9/h9,15H,4-8H2,1-3H3. The molecule has 0 radical (unpaired) electrons. The first-order chi connectivity index (χ1) is 11.6. The van der Waals surface area contributed by atoms with E-state index in [1.807, 2.05) is 11.6 Å². The zero-order chi connectivity index (χ0) is 17.1. The highest BCUT2D eigenvalue weighted by Gasteiger charge is 2.22. The van der Waals surface area contributed by atoms with Crippen molar-refractivity contribution in [2.45, 2.75) is 29.7 Å². The van der Waals surface area contributed by atoms with Crippen molar-refractivity contribution in [3.05, 3.63) is 17.5 Å². The molecule has 10 heteroatoms. The maximum atomic E-state index is 11.8. The van der Waals surface area contributed by atoms with Crippen molar-refractivity contribution in [2.75, 3.05) is 27.2 Å². The van der Waals surface area contributed by atoms with Gasteiger partial charge in [-0.25, -0.2) is 0 Å². The molecule has 0 aromatic carbocycles. The van der Waals surface area contributed by atoms with E-state index in [0.717, 1.165) is 36.9 Å². The van der Waals surface area contributed by atoms with Crippen LogP contribution in [0.15, 0.2) is 9.68 Å². The van der Waals surface area contributed by atoms with Crippen LogP contribution in [0, 0.1) is 0 Å². The van der Waals surface area contributed by atoms with Crippen LogP contribution in [0.3, 0.4) is 0 Å². The first-order valence-electron chi connectivity index (χ1n) is 7.83. The van der Waals surface area contributed by atoms with Gasteiger partial charge in [0.25, 0.3) is 0 Å². The van der Waals surface area contributed by atoms with E-state index in [0.29, 0.717) is 17.5 Å². The van der Waals surface area contributed by atoms with Crippen LogP contribution in [0.5, 0.6) is 0 Å². The average molecular weight is 351 g/mol. The van der Waals surface area contributed by atoms with E-state index in [1.165, 1.54) is 16.7 Å². The molecule has 0 saturated carbocycles. The molecule has 0 atom stereocenters. The van der Waals surface area contributed by atoms with E-state index in [2.05, 4.69) is 25.7 Å². The van der Waals surface area contributed by atoms with Gasteiger partial charge in [0.05, 0.1) is 5.75 Å². The normalized spacial score (nSPS) is 15.6. The summed E-state index contributed by atoms with van der Waals surface area (Å²) in [6, 6.07) is 0. The highest BCUT2D eigenvalue weighted by atomic mass is 32.2. The fraction of sp³-hybridized carbons (Fsp3) is 0.643. The molecule has 3 rings (SSSR count). The van der Waals surface area contributed by atoms with Gasteiger partial charge in [0.1, 0.15) is 5.82 Å². The molecule has 0 spiro atoms. The summed E-state index contributed by atoms with van der Waals surface area (Å²) in [6.07, 6.45) is 2.16. The third-order valence-electron chi connectivity index (χ3n) is 3.96. The van der Waals surface area contributed by atoms with E-state index in [4.69, 9.17) is 4.52 Å². The van der Waals surface area contributed by atoms with Gasteiger partial charge in [-0.1, -0.05) is 16.9 Å². The molecule has 3 heterocycles. The van der Waals surface area contributed by atoms with Crippen molar-refractivity contribution >= 4 is 17.7 Å². The predicted molar refractivity (Wildman–Crippen MR) is 87.7 cm³/mol. The summed E-state index contributed by atoms with van der Waals surface area (Å²) in [4.78, 5) is 17.3. The lowest BCUT2D eigenvalue weighted by molar-refractivity contribution is 0.0779. The third-order valence-corrected chi connectivity index (χ3v) is 4.98. The van der Waals surface area contributed by atoms with E-state index >= 15 is 0 Å². The van der Waals surface area contributed by atoms with Gasteiger partial charge < -0.3 is 19.3 Å². The Kier molecular flexibility index (Phi) is 5.14. The number of nitrogens with zero attached hydrogens (tertiary/aromatic N) is 6. The zero-order valence-corrected chi connectivity index (χ0v) is 14.8. The number of aromatic nitrogens is 5. The maximum Gasteiger partial charge on any atom is 0.316 e. The fourth-order valence-electron chi connectivity index (χ4n) is 2.61. The number of nitrogens with one attached hydrogen (secondary N) is 1. The topological polar surface area (TPSA) is 102 Å². The zero-order valence-electron chi connectivity index (χ0n) is 14.0. The molecule has 130 valence electrons. The summed E-state index contributed by atoms with van der Waals surface area (Å²) in [6.45, 7) is 2.04. The Balaban J connectivity index is 1.63. The molecule has 24 heavy (non-hydrogen) atoms. The largest absolute Gasteiger partial charge is 0.341 e. The van der Waals surface area contributed by atoms with Crippen LogP contribution in [0.4, 0.5) is 0 Å². The van der Waals surface area contributed by atoms with Gasteiger partial charge in [-0.15, -0.1) is 10.2 Å². The molecule has 2 aromatic heterocycles. The Morgan fingerprint density at radius 2 is 2.12 bits per heavy atom. The van der Waals surface area contributed by atoms with Gasteiger partial charge in [0.15, 0.2) is 11.0 Å². The Hall–Kier alpha value is -1.94. The Morgan fingerprint density at radius 1 is 1.38 bits per heavy atom. The molecule has 1 saturated heterocycles. The summed E-state index contributed by atoms with van der Waals surface area (Å²) in [5.41, 5.74) is 0. The van der Waals surface area contributed by atoms with Gasteiger partial charge in [0.2, 0.25) is 0 Å². The van der Waals surface area contributed by atoms with Crippen LogP contribution in [-0.4, -0.2) is 62.9 Å². The molecule has 0 aliphatic carbocycles. The van der Waals surface area contributed by atoms with Crippen molar-refractivity contribution < 1.29 is 9.32 Å². The summed E-state index contributed by atoms with van der Waals surface area (Å²) < 4.78 is 7.03. The first kappa shape index (κ1) is 16.9. The second-order valence-electron chi connectivity index (χ2n) is 5.93. The number of amides is 1. The van der Waals surface area contributed by atoms with Crippen molar-refractivity contribution in [1.82, 2.24) is 35.1 Å². The molecular weight excluding hydrogens is 330 g/mol. The van der Waals surface area contributed by atoms with Crippen molar-refractivity contribution in [3.8, 4) is 0 Å². The van der Waals surface area contributed by atoms with Crippen LogP contribution < -0.4 is 5.32 Å². The van der Waals surface area contributed by atoms with Crippen LogP contribution >= 0.6 is 11.8 Å². The Bertz CT molecular complexity index is 706. The molecule has 1 aliphatic heterocycles. The van der Waals surface area contributed by atoms with Crippen LogP contribution in [-0.2, 0) is 12.8 Å². The van der Waals surface area contributed by atoms with Gasteiger partial charge in [-0.05, 0) is 25.9 Å². The smallest absolute Gasteiger partial charge is 0.316 e. The van der Waals surface area contributed by atoms with Gasteiger partial charge in [-0.2, -0.15) is 4.98 Å². The average Bonchev–Trinajstić information content (AvgIpc) is 3.20. The number of thioether (sulfide) groups is 1. The maximum absolute atomic E-state index is 11.8. The molecule has 9 nitrogen and oxygen atoms in total. The van der Waals surface area contributed by atoms with Crippen LogP contribution in [0.25, 0.3) is 0 Å². The molecule has 1 aliphatic rings. The quantitative estimate of drug-likeness (QED) is 0.784. The van der Waals surface area contributed by atoms with Crippen molar-refractivity contribution in [1.29, 1.82) is 0 Å². The summed E-state index contributed by atoms with van der Waals surface area (Å²) >= 11 is 1.48. The molecule has 1 fully saturated rings. The lowest BCUT2D eigenvalue weighted by Crippen LogP contribution is -2.27. The Morgan fingerprint density at radius 3 is 2.83 bits per heavy atom. The number of hydrogen-bond acceptors (Lipinski definition) is 8. The summed E-state index contributed by atoms with van der Waals surface area (Å²) in [7, 11) is 5.27. The number of carbonyl (C=O) groups excluding carboxylic acids is 1. The van der Waals surface area contributed by atoms with Crippen molar-refractivity contribution in [3.63, 3.8) is 0 Å². The highest BCUT2D eigenvalue weighted by Crippen LogP contribution is 2.27. The minimum absolute atomic E-state index is 0.00367. The second kappa shape index (κ2) is 7.31. The lowest BCUT2D eigenvalue weighted by Gasteiger charge is -2.21. The first-order valence-corrected chi connectivity index (χ1v) is 8.82. The molecule has 2 aromatic rings. The monoisotopic (exact) mass is 351 g/mol. The molecular formula is C14H21N7O2S. The number of piperidine rings is 1. The minimum atomic E-state index is -0.300. The SMILES string of the molecule is CN(C)C(=O)c1nc(CSc2nnc(C3CCNCC3)n2C)no1. The highest BCUT2D eigenvalue weighted by molar-refractivity contribution is 7.98. The second-order valence-corrected chi connectivity index (χ2v) is 6.87. The fourth-order valence-corrected chi connectivity index (χ4v) is 3.37. The minimum Gasteiger partial charge on any atom is -0.341 e. The van der Waals surface area contributed by atoms with Gasteiger partial charge >= 0.3 is 11.8 Å². The number of rotatable bonds is 5. The summed E-state index contributed by atoms with van der Waals surface area (Å²) in [5, 5.41) is 16.6. The van der Waals surface area contributed by atoms with Gasteiger partial charge in [-0.3, -0.25) is 4.79 Å². The molecule has 0 unspecified atom stereocenters. The molecule has 1 amide bonds. The van der Waals surface area contributed by atoms with Crippen molar-refractivity contribution in [2.24, 2.45) is 7.05 Å². The van der Waals surface area contributed by atoms with Crippen LogP contribution in [0.1, 0.15) is 41.1 Å². The molecule has 0 bridgehead atoms. The van der Waals surface area contributed by atoms with E-state index in [1.54, 1.807) is 14.1 Å². The number of carbonyl (C=O) groups is 1. The van der Waals surface area contributed by atoms with E-state index in [9.17, 15) is 4.79 Å². The number of hydrogen-bond donors (Lipinski definition) is 1. The van der Waals surface area contributed by atoms with Crippen LogP contribution in [0.2, 0.25) is 0 Å². The lowest BCUT2D eigenvalue weighted by atomic mass is 9.97. The predicted octanol–water partition coefficient (Wildman–Crippen LogP) is 0.659. The summed E-state index contributed by atoms with van der Waals surface area (Å²) in [5.74, 6) is 2.12. The molecule has 1 N–H and O–H groups in total. The van der Waals surface area contributed by atoms with E-state index < -0.39 is 0 Å². The third kappa shape index (κ3) is 3.59.